The van der Waals surface area contributed by atoms with Gasteiger partial charge < -0.3 is 5.32 Å². The predicted octanol–water partition coefficient (Wildman–Crippen LogP) is 4.51. The second-order valence-electron chi connectivity index (χ2n) is 4.92. The Balaban J connectivity index is 1.78. The van der Waals surface area contributed by atoms with Gasteiger partial charge in [0.05, 0.1) is 0 Å². The molecule has 1 aliphatic rings. The summed E-state index contributed by atoms with van der Waals surface area (Å²) in [5, 5.41) is 3.53. The van der Waals surface area contributed by atoms with Crippen LogP contribution in [0.1, 0.15) is 31.1 Å². The first kappa shape index (κ1) is 12.9. The molecule has 0 aliphatic heterocycles. The van der Waals surface area contributed by atoms with Crippen molar-refractivity contribution in [1.29, 1.82) is 0 Å². The normalized spacial score (nSPS) is 24.1. The Kier molecular flexibility index (Phi) is 4.33. The molecule has 2 rings (SSSR count). The Morgan fingerprint density at radius 1 is 1.62 bits per heavy atom. The molecule has 1 nitrogen and oxygen atoms in total. The van der Waals surface area contributed by atoms with Crippen LogP contribution in [0.25, 0.3) is 0 Å². The van der Waals surface area contributed by atoms with Crippen LogP contribution in [0.3, 0.4) is 0 Å². The lowest BCUT2D eigenvalue weighted by molar-refractivity contribution is 0.533. The summed E-state index contributed by atoms with van der Waals surface area (Å²) >= 11 is 11.2. The first-order chi connectivity index (χ1) is 7.58. The lowest BCUT2D eigenvalue weighted by Gasteiger charge is -2.06. The zero-order chi connectivity index (χ0) is 11.7. The third-order valence-electron chi connectivity index (χ3n) is 2.91. The van der Waals surface area contributed by atoms with Crippen molar-refractivity contribution in [3.8, 4) is 0 Å². The van der Waals surface area contributed by atoms with Gasteiger partial charge in [0, 0.05) is 9.35 Å². The maximum absolute atomic E-state index is 6.05. The minimum atomic E-state index is 0.738. The fourth-order valence-corrected chi connectivity index (χ4v) is 3.87. The van der Waals surface area contributed by atoms with Gasteiger partial charge in [0.2, 0.25) is 0 Å². The lowest BCUT2D eigenvalue weighted by Crippen LogP contribution is -2.22. The van der Waals surface area contributed by atoms with E-state index < -0.39 is 0 Å². The molecule has 1 saturated carbocycles. The van der Waals surface area contributed by atoms with Gasteiger partial charge in [-0.05, 0) is 59.3 Å². The van der Waals surface area contributed by atoms with Gasteiger partial charge >= 0.3 is 0 Å². The molecule has 1 aromatic rings. The van der Waals surface area contributed by atoms with Crippen LogP contribution in [0.5, 0.6) is 0 Å². The zero-order valence-corrected chi connectivity index (χ0v) is 12.8. The fourth-order valence-electron chi connectivity index (χ4n) is 1.93. The molecule has 0 spiro atoms. The molecule has 1 fully saturated rings. The highest BCUT2D eigenvalue weighted by molar-refractivity contribution is 9.10. The van der Waals surface area contributed by atoms with E-state index in [-0.39, 0.29) is 0 Å². The largest absolute Gasteiger partial charge is 0.316 e. The Hall–Kier alpha value is 0.430. The van der Waals surface area contributed by atoms with Crippen molar-refractivity contribution in [2.75, 3.05) is 13.1 Å². The molecular formula is C12H17BrClNS. The van der Waals surface area contributed by atoms with Crippen molar-refractivity contribution in [2.45, 2.75) is 26.2 Å². The summed E-state index contributed by atoms with van der Waals surface area (Å²) in [7, 11) is 0. The van der Waals surface area contributed by atoms with Gasteiger partial charge in [-0.2, -0.15) is 0 Å². The van der Waals surface area contributed by atoms with E-state index in [0.717, 1.165) is 39.7 Å². The number of nitrogens with one attached hydrogen (secondary N) is 1. The van der Waals surface area contributed by atoms with Gasteiger partial charge in [-0.25, -0.2) is 0 Å². The Labute approximate surface area is 115 Å². The smallest absolute Gasteiger partial charge is 0.107 e. The van der Waals surface area contributed by atoms with E-state index in [1.165, 1.54) is 11.3 Å². The van der Waals surface area contributed by atoms with Crippen LogP contribution in [0, 0.1) is 11.8 Å². The fraction of sp³-hybridized carbons (Fsp3) is 0.667. The van der Waals surface area contributed by atoms with Crippen LogP contribution in [0.4, 0.5) is 0 Å². The molecule has 2 atom stereocenters. The zero-order valence-electron chi connectivity index (χ0n) is 9.59. The quantitative estimate of drug-likeness (QED) is 0.841. The lowest BCUT2D eigenvalue weighted by atomic mass is 10.2. The van der Waals surface area contributed by atoms with Crippen LogP contribution < -0.4 is 5.32 Å². The minimum Gasteiger partial charge on any atom is -0.316 e. The van der Waals surface area contributed by atoms with Gasteiger partial charge in [0.1, 0.15) is 4.34 Å². The van der Waals surface area contributed by atoms with Gasteiger partial charge in [-0.15, -0.1) is 11.3 Å². The van der Waals surface area contributed by atoms with Crippen molar-refractivity contribution in [2.24, 2.45) is 11.8 Å². The van der Waals surface area contributed by atoms with E-state index in [1.54, 1.807) is 11.3 Å². The SMILES string of the molecule is CC(C)CNCC1CC1c1cc(Br)c(Cl)s1. The Morgan fingerprint density at radius 3 is 2.94 bits per heavy atom. The molecule has 4 heteroatoms. The van der Waals surface area contributed by atoms with Gasteiger partial charge in [0.15, 0.2) is 0 Å². The minimum absolute atomic E-state index is 0.738. The summed E-state index contributed by atoms with van der Waals surface area (Å²) in [5.41, 5.74) is 0. The maximum Gasteiger partial charge on any atom is 0.107 e. The first-order valence-corrected chi connectivity index (χ1v) is 7.72. The molecule has 0 saturated heterocycles. The summed E-state index contributed by atoms with van der Waals surface area (Å²) in [6.07, 6.45) is 1.31. The number of hydrogen-bond donors (Lipinski definition) is 1. The molecular weight excluding hydrogens is 306 g/mol. The third-order valence-corrected chi connectivity index (χ3v) is 5.52. The number of rotatable bonds is 5. The van der Waals surface area contributed by atoms with Crippen LogP contribution in [-0.2, 0) is 0 Å². The standard InChI is InChI=1S/C12H17BrClNS/c1-7(2)5-15-6-8-3-9(8)11-4-10(13)12(14)16-11/h4,7-9,15H,3,5-6H2,1-2H3. The summed E-state index contributed by atoms with van der Waals surface area (Å²) in [6.45, 7) is 6.76. The molecule has 0 radical (unpaired) electrons. The number of halogens is 2. The predicted molar refractivity (Wildman–Crippen MR) is 75.6 cm³/mol. The van der Waals surface area contributed by atoms with Crippen LogP contribution in [0.15, 0.2) is 10.5 Å². The summed E-state index contributed by atoms with van der Waals surface area (Å²) in [5.74, 6) is 2.30. The van der Waals surface area contributed by atoms with Gasteiger partial charge in [-0.1, -0.05) is 25.4 Å². The molecule has 1 aromatic heterocycles. The number of thiophene rings is 1. The van der Waals surface area contributed by atoms with E-state index in [1.807, 2.05) is 0 Å². The van der Waals surface area contributed by atoms with Crippen molar-refractivity contribution in [3.63, 3.8) is 0 Å². The average Bonchev–Trinajstić information content (AvgIpc) is 2.88. The highest BCUT2D eigenvalue weighted by Gasteiger charge is 2.39. The molecule has 0 bridgehead atoms. The monoisotopic (exact) mass is 321 g/mol. The van der Waals surface area contributed by atoms with Gasteiger partial charge in [-0.3, -0.25) is 0 Å². The molecule has 16 heavy (non-hydrogen) atoms. The molecule has 0 aromatic carbocycles. The molecule has 0 amide bonds. The van der Waals surface area contributed by atoms with E-state index in [2.05, 4.69) is 41.2 Å². The van der Waals surface area contributed by atoms with Gasteiger partial charge in [0.25, 0.3) is 0 Å². The average molecular weight is 323 g/mol. The number of hydrogen-bond acceptors (Lipinski definition) is 2. The van der Waals surface area contributed by atoms with Crippen molar-refractivity contribution < 1.29 is 0 Å². The summed E-state index contributed by atoms with van der Waals surface area (Å²) < 4.78 is 1.94. The summed E-state index contributed by atoms with van der Waals surface area (Å²) in [6, 6.07) is 2.18. The Morgan fingerprint density at radius 2 is 2.38 bits per heavy atom. The molecule has 1 heterocycles. The topological polar surface area (TPSA) is 12.0 Å². The molecule has 90 valence electrons. The highest BCUT2D eigenvalue weighted by atomic mass is 79.9. The van der Waals surface area contributed by atoms with Crippen LogP contribution in [0.2, 0.25) is 4.34 Å². The molecule has 2 unspecified atom stereocenters. The van der Waals surface area contributed by atoms with Crippen molar-refractivity contribution >= 4 is 38.9 Å². The second-order valence-corrected chi connectivity index (χ2v) is 7.46. The molecule has 1 N–H and O–H groups in total. The van der Waals surface area contributed by atoms with Crippen molar-refractivity contribution in [1.82, 2.24) is 5.32 Å². The van der Waals surface area contributed by atoms with E-state index in [0.29, 0.717) is 0 Å². The second kappa shape index (κ2) is 5.38. The molecule has 1 aliphatic carbocycles. The van der Waals surface area contributed by atoms with E-state index >= 15 is 0 Å². The van der Waals surface area contributed by atoms with Crippen LogP contribution in [-0.4, -0.2) is 13.1 Å². The third kappa shape index (κ3) is 3.22. The highest BCUT2D eigenvalue weighted by Crippen LogP contribution is 2.51. The van der Waals surface area contributed by atoms with Crippen LogP contribution >= 0.6 is 38.9 Å². The first-order valence-electron chi connectivity index (χ1n) is 5.73. The maximum atomic E-state index is 6.05. The summed E-state index contributed by atoms with van der Waals surface area (Å²) in [4.78, 5) is 1.44. The van der Waals surface area contributed by atoms with E-state index in [4.69, 9.17) is 11.6 Å². The van der Waals surface area contributed by atoms with Crippen molar-refractivity contribution in [3.05, 3.63) is 19.8 Å². The Bertz CT molecular complexity index is 344. The van der Waals surface area contributed by atoms with E-state index in [9.17, 15) is 0 Å².